The van der Waals surface area contributed by atoms with Gasteiger partial charge >= 0.3 is 0 Å². The molecule has 2 nitrogen and oxygen atoms in total. The summed E-state index contributed by atoms with van der Waals surface area (Å²) in [4.78, 5) is 2.32. The third-order valence-electron chi connectivity index (χ3n) is 2.69. The summed E-state index contributed by atoms with van der Waals surface area (Å²) in [6, 6.07) is 5.53. The van der Waals surface area contributed by atoms with Crippen LogP contribution in [0.2, 0.25) is 0 Å². The Morgan fingerprint density at radius 3 is 2.56 bits per heavy atom. The highest BCUT2D eigenvalue weighted by Gasteiger charge is 2.09. The Kier molecular flexibility index (Phi) is 4.74. The molecule has 0 aliphatic heterocycles. The van der Waals surface area contributed by atoms with E-state index in [1.165, 1.54) is 6.07 Å². The molecule has 0 bridgehead atoms. The van der Waals surface area contributed by atoms with Crippen molar-refractivity contribution in [3.63, 3.8) is 0 Å². The fraction of sp³-hybridized carbons (Fsp3) is 0.538. The van der Waals surface area contributed by atoms with Crippen molar-refractivity contribution in [2.75, 3.05) is 12.3 Å². The highest BCUT2D eigenvalue weighted by Crippen LogP contribution is 2.15. The van der Waals surface area contributed by atoms with Crippen LogP contribution in [0.5, 0.6) is 0 Å². The second-order valence-corrected chi connectivity index (χ2v) is 4.42. The molecule has 90 valence electrons. The average Bonchev–Trinajstić information content (AvgIpc) is 2.22. The molecule has 0 unspecified atom stereocenters. The van der Waals surface area contributed by atoms with Crippen LogP contribution < -0.4 is 5.73 Å². The van der Waals surface area contributed by atoms with Gasteiger partial charge in [-0.05, 0) is 44.5 Å². The highest BCUT2D eigenvalue weighted by atomic mass is 19.1. The number of benzene rings is 1. The molecule has 3 heteroatoms. The van der Waals surface area contributed by atoms with Crippen LogP contribution in [0.3, 0.4) is 0 Å². The van der Waals surface area contributed by atoms with E-state index in [1.807, 2.05) is 6.07 Å². The van der Waals surface area contributed by atoms with Gasteiger partial charge in [0.05, 0.1) is 5.69 Å². The fourth-order valence-corrected chi connectivity index (χ4v) is 1.71. The van der Waals surface area contributed by atoms with Crippen molar-refractivity contribution in [1.29, 1.82) is 0 Å². The van der Waals surface area contributed by atoms with E-state index >= 15 is 0 Å². The van der Waals surface area contributed by atoms with E-state index in [-0.39, 0.29) is 11.5 Å². The van der Waals surface area contributed by atoms with E-state index in [2.05, 4.69) is 25.7 Å². The molecule has 0 aliphatic rings. The molecule has 2 N–H and O–H groups in total. The lowest BCUT2D eigenvalue weighted by atomic mass is 10.1. The van der Waals surface area contributed by atoms with Gasteiger partial charge in [0, 0.05) is 12.6 Å². The van der Waals surface area contributed by atoms with Crippen LogP contribution in [-0.2, 0) is 6.54 Å². The van der Waals surface area contributed by atoms with Crippen LogP contribution in [0.25, 0.3) is 0 Å². The first-order chi connectivity index (χ1) is 7.54. The standard InChI is InChI=1S/C13H21FN2/c1-4-7-16(10(2)3)9-11-5-6-13(15)12(14)8-11/h5-6,8,10H,4,7,9,15H2,1-3H3. The van der Waals surface area contributed by atoms with Crippen LogP contribution in [0.4, 0.5) is 10.1 Å². The maximum atomic E-state index is 13.3. The average molecular weight is 224 g/mol. The van der Waals surface area contributed by atoms with E-state index in [1.54, 1.807) is 6.07 Å². The lowest BCUT2D eigenvalue weighted by Crippen LogP contribution is -2.31. The van der Waals surface area contributed by atoms with Crippen LogP contribution in [-0.4, -0.2) is 17.5 Å². The van der Waals surface area contributed by atoms with Gasteiger partial charge in [0.25, 0.3) is 0 Å². The first-order valence-electron chi connectivity index (χ1n) is 5.82. The van der Waals surface area contributed by atoms with Gasteiger partial charge < -0.3 is 5.73 Å². The van der Waals surface area contributed by atoms with Gasteiger partial charge in [0.15, 0.2) is 0 Å². The molecular formula is C13H21FN2. The summed E-state index contributed by atoms with van der Waals surface area (Å²) in [6.07, 6.45) is 1.11. The van der Waals surface area contributed by atoms with Gasteiger partial charge in [-0.25, -0.2) is 4.39 Å². The Morgan fingerprint density at radius 2 is 2.06 bits per heavy atom. The van der Waals surface area contributed by atoms with Gasteiger partial charge in [-0.3, -0.25) is 4.90 Å². The number of nitrogens with two attached hydrogens (primary N) is 1. The molecule has 16 heavy (non-hydrogen) atoms. The van der Waals surface area contributed by atoms with E-state index < -0.39 is 0 Å². The van der Waals surface area contributed by atoms with E-state index in [0.717, 1.165) is 25.1 Å². The SMILES string of the molecule is CCCN(Cc1ccc(N)c(F)c1)C(C)C. The van der Waals surface area contributed by atoms with Gasteiger partial charge in [-0.2, -0.15) is 0 Å². The number of hydrogen-bond donors (Lipinski definition) is 1. The number of anilines is 1. The molecule has 0 radical (unpaired) electrons. The maximum absolute atomic E-state index is 13.3. The zero-order chi connectivity index (χ0) is 12.1. The second kappa shape index (κ2) is 5.85. The summed E-state index contributed by atoms with van der Waals surface area (Å²) >= 11 is 0. The third-order valence-corrected chi connectivity index (χ3v) is 2.69. The molecule has 0 atom stereocenters. The Bertz CT molecular complexity index is 337. The zero-order valence-corrected chi connectivity index (χ0v) is 10.3. The lowest BCUT2D eigenvalue weighted by Gasteiger charge is -2.26. The van der Waals surface area contributed by atoms with Crippen molar-refractivity contribution in [3.8, 4) is 0 Å². The van der Waals surface area contributed by atoms with Gasteiger partial charge in [0.1, 0.15) is 5.82 Å². The Hall–Kier alpha value is -1.09. The minimum atomic E-state index is -0.322. The van der Waals surface area contributed by atoms with Crippen LogP contribution in [0.15, 0.2) is 18.2 Å². The third kappa shape index (κ3) is 3.49. The minimum Gasteiger partial charge on any atom is -0.396 e. The molecule has 0 spiro atoms. The minimum absolute atomic E-state index is 0.218. The van der Waals surface area contributed by atoms with Crippen molar-refractivity contribution in [1.82, 2.24) is 4.90 Å². The number of hydrogen-bond acceptors (Lipinski definition) is 2. The zero-order valence-electron chi connectivity index (χ0n) is 10.3. The monoisotopic (exact) mass is 224 g/mol. The van der Waals surface area contributed by atoms with Crippen molar-refractivity contribution in [2.45, 2.75) is 39.8 Å². The molecule has 1 rings (SSSR count). The summed E-state index contributed by atoms with van der Waals surface area (Å²) < 4.78 is 13.3. The molecule has 0 saturated heterocycles. The van der Waals surface area contributed by atoms with Crippen LogP contribution in [0, 0.1) is 5.82 Å². The smallest absolute Gasteiger partial charge is 0.146 e. The molecule has 0 aliphatic carbocycles. The predicted octanol–water partition coefficient (Wildman–Crippen LogP) is 3.03. The van der Waals surface area contributed by atoms with Crippen LogP contribution >= 0.6 is 0 Å². The summed E-state index contributed by atoms with van der Waals surface area (Å²) in [5.41, 5.74) is 6.65. The number of rotatable bonds is 5. The molecule has 1 aromatic rings. The summed E-state index contributed by atoms with van der Waals surface area (Å²) in [5.74, 6) is -0.322. The first kappa shape index (κ1) is 13.0. The van der Waals surface area contributed by atoms with E-state index in [4.69, 9.17) is 5.73 Å². The predicted molar refractivity (Wildman–Crippen MR) is 66.6 cm³/mol. The Balaban J connectivity index is 2.73. The Morgan fingerprint density at radius 1 is 1.38 bits per heavy atom. The molecule has 0 saturated carbocycles. The van der Waals surface area contributed by atoms with Crippen LogP contribution in [0.1, 0.15) is 32.8 Å². The maximum Gasteiger partial charge on any atom is 0.146 e. The van der Waals surface area contributed by atoms with Gasteiger partial charge in [-0.15, -0.1) is 0 Å². The summed E-state index contributed by atoms with van der Waals surface area (Å²) in [6.45, 7) is 8.28. The number of halogens is 1. The van der Waals surface area contributed by atoms with Crippen molar-refractivity contribution in [3.05, 3.63) is 29.6 Å². The molecule has 0 aromatic heterocycles. The number of nitrogens with zero attached hydrogens (tertiary/aromatic N) is 1. The van der Waals surface area contributed by atoms with E-state index in [9.17, 15) is 4.39 Å². The molecule has 0 fully saturated rings. The van der Waals surface area contributed by atoms with Crippen molar-refractivity contribution >= 4 is 5.69 Å². The Labute approximate surface area is 97.3 Å². The lowest BCUT2D eigenvalue weighted by molar-refractivity contribution is 0.213. The molecular weight excluding hydrogens is 203 g/mol. The molecule has 1 aromatic carbocycles. The quantitative estimate of drug-likeness (QED) is 0.779. The largest absolute Gasteiger partial charge is 0.396 e. The van der Waals surface area contributed by atoms with Gasteiger partial charge in [0.2, 0.25) is 0 Å². The fourth-order valence-electron chi connectivity index (χ4n) is 1.71. The second-order valence-electron chi connectivity index (χ2n) is 4.42. The van der Waals surface area contributed by atoms with Crippen molar-refractivity contribution in [2.24, 2.45) is 0 Å². The summed E-state index contributed by atoms with van der Waals surface area (Å²) in [7, 11) is 0. The summed E-state index contributed by atoms with van der Waals surface area (Å²) in [5, 5.41) is 0. The molecule has 0 heterocycles. The number of nitrogen functional groups attached to an aromatic ring is 1. The topological polar surface area (TPSA) is 29.3 Å². The molecule has 0 amide bonds. The highest BCUT2D eigenvalue weighted by molar-refractivity contribution is 5.41. The van der Waals surface area contributed by atoms with Crippen molar-refractivity contribution < 1.29 is 4.39 Å². The first-order valence-corrected chi connectivity index (χ1v) is 5.82. The normalized spacial score (nSPS) is 11.4. The van der Waals surface area contributed by atoms with Gasteiger partial charge in [-0.1, -0.05) is 13.0 Å². The van der Waals surface area contributed by atoms with E-state index in [0.29, 0.717) is 6.04 Å².